The zero-order valence-corrected chi connectivity index (χ0v) is 15.0. The molecule has 0 bridgehead atoms. The Labute approximate surface area is 158 Å². The number of likely N-dealkylation sites (tertiary alicyclic amines) is 1. The molecule has 5 nitrogen and oxygen atoms in total. The number of amides is 2. The topological polar surface area (TPSA) is 73.2 Å². The molecule has 1 heterocycles. The number of hydrogen-bond acceptors (Lipinski definition) is 3. The lowest BCUT2D eigenvalue weighted by Crippen LogP contribution is -2.32. The van der Waals surface area contributed by atoms with Crippen molar-refractivity contribution in [3.05, 3.63) is 59.7 Å². The van der Waals surface area contributed by atoms with Crippen molar-refractivity contribution in [1.82, 2.24) is 10.2 Å². The molecule has 2 aromatic rings. The molecule has 0 radical (unpaired) electrons. The fourth-order valence-electron chi connectivity index (χ4n) is 3.66. The number of carbonyl (C=O) groups excluding carboxylic acids is 2. The van der Waals surface area contributed by atoms with Crippen LogP contribution < -0.4 is 5.32 Å². The van der Waals surface area contributed by atoms with E-state index < -0.39 is 0 Å². The Hall–Kier alpha value is -3.13. The van der Waals surface area contributed by atoms with Crippen molar-refractivity contribution in [2.24, 2.45) is 5.92 Å². The molecule has 136 valence electrons. The maximum Gasteiger partial charge on any atom is 0.251 e. The average molecular weight is 359 g/mol. The van der Waals surface area contributed by atoms with Crippen LogP contribution in [0.15, 0.2) is 48.5 Å². The van der Waals surface area contributed by atoms with E-state index in [2.05, 4.69) is 11.4 Å². The Morgan fingerprint density at radius 1 is 1.15 bits per heavy atom. The van der Waals surface area contributed by atoms with Gasteiger partial charge in [-0.2, -0.15) is 5.26 Å². The minimum absolute atomic E-state index is 0.132. The van der Waals surface area contributed by atoms with Gasteiger partial charge < -0.3 is 10.2 Å². The highest BCUT2D eigenvalue weighted by Crippen LogP contribution is 2.32. The standard InChI is InChI=1S/C22H21N3O2/c23-12-18-3-1-2-4-20(18)16-5-7-17(8-6-16)22(27)24-13-15-11-21(26)25(14-15)19-9-10-19/h1-8,15,19H,9-11,13-14H2,(H,24,27). The summed E-state index contributed by atoms with van der Waals surface area (Å²) in [6, 6.07) is 17.3. The number of benzene rings is 2. The SMILES string of the molecule is N#Cc1ccccc1-c1ccc(C(=O)NCC2CC(=O)N(C3CC3)C2)cc1. The fraction of sp³-hybridized carbons (Fsp3) is 0.318. The quantitative estimate of drug-likeness (QED) is 0.892. The van der Waals surface area contributed by atoms with Crippen LogP contribution in [0.3, 0.4) is 0 Å². The lowest BCUT2D eigenvalue weighted by atomic mass is 9.99. The van der Waals surface area contributed by atoms with E-state index in [-0.39, 0.29) is 17.7 Å². The number of nitrogens with zero attached hydrogens (tertiary/aromatic N) is 2. The van der Waals surface area contributed by atoms with E-state index >= 15 is 0 Å². The fourth-order valence-corrected chi connectivity index (χ4v) is 3.66. The highest BCUT2D eigenvalue weighted by Gasteiger charge is 2.39. The molecule has 0 aromatic heterocycles. The lowest BCUT2D eigenvalue weighted by Gasteiger charge is -2.15. The molecule has 2 aromatic carbocycles. The van der Waals surface area contributed by atoms with Gasteiger partial charge >= 0.3 is 0 Å². The molecule has 2 aliphatic rings. The first-order valence-electron chi connectivity index (χ1n) is 9.33. The van der Waals surface area contributed by atoms with Gasteiger partial charge in [0.25, 0.3) is 5.91 Å². The molecule has 2 amide bonds. The van der Waals surface area contributed by atoms with E-state index in [4.69, 9.17) is 0 Å². The summed E-state index contributed by atoms with van der Waals surface area (Å²) in [5, 5.41) is 12.2. The second-order valence-electron chi connectivity index (χ2n) is 7.29. The van der Waals surface area contributed by atoms with Crippen LogP contribution in [0.2, 0.25) is 0 Å². The zero-order valence-electron chi connectivity index (χ0n) is 15.0. The lowest BCUT2D eigenvalue weighted by molar-refractivity contribution is -0.128. The van der Waals surface area contributed by atoms with Gasteiger partial charge in [0, 0.05) is 37.0 Å². The Balaban J connectivity index is 1.37. The Kier molecular flexibility index (Phi) is 4.64. The first-order valence-corrected chi connectivity index (χ1v) is 9.33. The van der Waals surface area contributed by atoms with Crippen LogP contribution in [0.1, 0.15) is 35.2 Å². The predicted octanol–water partition coefficient (Wildman–Crippen LogP) is 2.97. The molecule has 27 heavy (non-hydrogen) atoms. The maximum atomic E-state index is 12.4. The monoisotopic (exact) mass is 359 g/mol. The zero-order chi connectivity index (χ0) is 18.8. The van der Waals surface area contributed by atoms with E-state index in [0.29, 0.717) is 30.1 Å². The average Bonchev–Trinajstić information content (AvgIpc) is 3.48. The molecule has 1 N–H and O–H groups in total. The van der Waals surface area contributed by atoms with Gasteiger partial charge in [0.15, 0.2) is 0 Å². The highest BCUT2D eigenvalue weighted by atomic mass is 16.2. The molecule has 1 aliphatic heterocycles. The van der Waals surface area contributed by atoms with E-state index in [9.17, 15) is 14.9 Å². The van der Waals surface area contributed by atoms with Gasteiger partial charge in [-0.3, -0.25) is 9.59 Å². The van der Waals surface area contributed by atoms with Crippen molar-refractivity contribution in [2.75, 3.05) is 13.1 Å². The van der Waals surface area contributed by atoms with Gasteiger partial charge in [-0.1, -0.05) is 30.3 Å². The third-order valence-corrected chi connectivity index (χ3v) is 5.28. The Morgan fingerprint density at radius 3 is 2.59 bits per heavy atom. The van der Waals surface area contributed by atoms with Crippen molar-refractivity contribution in [3.63, 3.8) is 0 Å². The van der Waals surface area contributed by atoms with Crippen LogP contribution in [-0.4, -0.2) is 35.8 Å². The number of nitriles is 1. The molecule has 1 unspecified atom stereocenters. The molecule has 1 saturated heterocycles. The van der Waals surface area contributed by atoms with Gasteiger partial charge in [0.1, 0.15) is 0 Å². The normalized spacial score (nSPS) is 19.0. The summed E-state index contributed by atoms with van der Waals surface area (Å²) in [5.74, 6) is 0.286. The van der Waals surface area contributed by atoms with Crippen LogP contribution >= 0.6 is 0 Å². The minimum Gasteiger partial charge on any atom is -0.352 e. The van der Waals surface area contributed by atoms with Gasteiger partial charge in [0.2, 0.25) is 5.91 Å². The van der Waals surface area contributed by atoms with E-state index in [1.54, 1.807) is 18.2 Å². The van der Waals surface area contributed by atoms with Crippen molar-refractivity contribution in [1.29, 1.82) is 5.26 Å². The number of carbonyl (C=O) groups is 2. The van der Waals surface area contributed by atoms with Crippen molar-refractivity contribution in [2.45, 2.75) is 25.3 Å². The maximum absolute atomic E-state index is 12.4. The first kappa shape index (κ1) is 17.3. The number of rotatable bonds is 5. The molecule has 5 heteroatoms. The van der Waals surface area contributed by atoms with Crippen LogP contribution in [0, 0.1) is 17.2 Å². The largest absolute Gasteiger partial charge is 0.352 e. The van der Waals surface area contributed by atoms with Crippen molar-refractivity contribution < 1.29 is 9.59 Å². The molecule has 1 saturated carbocycles. The second-order valence-corrected chi connectivity index (χ2v) is 7.29. The second kappa shape index (κ2) is 7.24. The van der Waals surface area contributed by atoms with Gasteiger partial charge in [-0.25, -0.2) is 0 Å². The Morgan fingerprint density at radius 2 is 1.89 bits per heavy atom. The highest BCUT2D eigenvalue weighted by molar-refractivity contribution is 5.94. The molecule has 2 fully saturated rings. The van der Waals surface area contributed by atoms with Crippen molar-refractivity contribution >= 4 is 11.8 Å². The van der Waals surface area contributed by atoms with E-state index in [0.717, 1.165) is 30.5 Å². The Bertz CT molecular complexity index is 910. The molecule has 4 rings (SSSR count). The van der Waals surface area contributed by atoms with Gasteiger partial charge in [-0.15, -0.1) is 0 Å². The summed E-state index contributed by atoms with van der Waals surface area (Å²) in [7, 11) is 0. The van der Waals surface area contributed by atoms with E-state index in [1.165, 1.54) is 0 Å². The van der Waals surface area contributed by atoms with Gasteiger partial charge in [-0.05, 0) is 42.2 Å². The summed E-state index contributed by atoms with van der Waals surface area (Å²) >= 11 is 0. The molecule has 0 spiro atoms. The first-order chi connectivity index (χ1) is 13.2. The summed E-state index contributed by atoms with van der Waals surface area (Å²) in [4.78, 5) is 26.4. The van der Waals surface area contributed by atoms with Crippen LogP contribution in [0.25, 0.3) is 11.1 Å². The summed E-state index contributed by atoms with van der Waals surface area (Å²) in [5.41, 5.74) is 2.96. The predicted molar refractivity (Wildman–Crippen MR) is 102 cm³/mol. The molecular formula is C22H21N3O2. The third-order valence-electron chi connectivity index (χ3n) is 5.28. The van der Waals surface area contributed by atoms with Crippen LogP contribution in [0.5, 0.6) is 0 Å². The van der Waals surface area contributed by atoms with E-state index in [1.807, 2.05) is 35.2 Å². The van der Waals surface area contributed by atoms with Crippen LogP contribution in [-0.2, 0) is 4.79 Å². The number of nitrogens with one attached hydrogen (secondary N) is 1. The van der Waals surface area contributed by atoms with Crippen molar-refractivity contribution in [3.8, 4) is 17.2 Å². The third kappa shape index (κ3) is 3.70. The summed E-state index contributed by atoms with van der Waals surface area (Å²) in [6.45, 7) is 1.28. The summed E-state index contributed by atoms with van der Waals surface area (Å²) < 4.78 is 0. The molecular weight excluding hydrogens is 338 g/mol. The number of hydrogen-bond donors (Lipinski definition) is 1. The van der Waals surface area contributed by atoms with Gasteiger partial charge in [0.05, 0.1) is 11.6 Å². The smallest absolute Gasteiger partial charge is 0.251 e. The molecule has 1 aliphatic carbocycles. The molecule has 1 atom stereocenters. The minimum atomic E-state index is -0.132. The summed E-state index contributed by atoms with van der Waals surface area (Å²) in [6.07, 6.45) is 2.76. The van der Waals surface area contributed by atoms with Crippen LogP contribution in [0.4, 0.5) is 0 Å².